The number of fused-ring (bicyclic) bond motifs is 1. The Hall–Kier alpha value is -1.13. The van der Waals surface area contributed by atoms with Gasteiger partial charge in [0, 0.05) is 24.3 Å². The van der Waals surface area contributed by atoms with E-state index in [2.05, 4.69) is 4.98 Å². The zero-order valence-corrected chi connectivity index (χ0v) is 8.21. The smallest absolute Gasteiger partial charge is 0.194 e. The Labute approximate surface area is 80.5 Å². The molecule has 68 valence electrons. The van der Waals surface area contributed by atoms with Gasteiger partial charge in [-0.05, 0) is 13.0 Å². The van der Waals surface area contributed by atoms with Crippen molar-refractivity contribution >= 4 is 22.4 Å². The van der Waals surface area contributed by atoms with E-state index in [4.69, 9.17) is 5.73 Å². The van der Waals surface area contributed by atoms with Crippen LogP contribution in [-0.4, -0.2) is 15.9 Å². The predicted molar refractivity (Wildman–Crippen MR) is 55.8 cm³/mol. The molecule has 0 aromatic carbocycles. The molecule has 4 heteroatoms. The van der Waals surface area contributed by atoms with E-state index in [9.17, 15) is 0 Å². The highest BCUT2D eigenvalue weighted by Crippen LogP contribution is 2.13. The van der Waals surface area contributed by atoms with Gasteiger partial charge in [-0.15, -0.1) is 11.3 Å². The maximum atomic E-state index is 5.49. The molecule has 2 aromatic heterocycles. The van der Waals surface area contributed by atoms with Crippen LogP contribution < -0.4 is 5.73 Å². The molecule has 2 heterocycles. The summed E-state index contributed by atoms with van der Waals surface area (Å²) in [6.45, 7) is 2.60. The number of imidazole rings is 1. The molecule has 0 fully saturated rings. The van der Waals surface area contributed by atoms with Gasteiger partial charge in [-0.1, -0.05) is 5.57 Å². The zero-order valence-electron chi connectivity index (χ0n) is 7.40. The van der Waals surface area contributed by atoms with Crippen LogP contribution >= 0.6 is 11.3 Å². The van der Waals surface area contributed by atoms with Gasteiger partial charge in [0.25, 0.3) is 0 Å². The molecule has 2 rings (SSSR count). The van der Waals surface area contributed by atoms with Crippen molar-refractivity contribution in [1.29, 1.82) is 0 Å². The summed E-state index contributed by atoms with van der Waals surface area (Å²) in [5.74, 6) is 0. The summed E-state index contributed by atoms with van der Waals surface area (Å²) in [6.07, 6.45) is 6.02. The van der Waals surface area contributed by atoms with E-state index in [-0.39, 0.29) is 0 Å². The maximum absolute atomic E-state index is 5.49. The van der Waals surface area contributed by atoms with Crippen molar-refractivity contribution in [1.82, 2.24) is 9.38 Å². The molecule has 0 spiro atoms. The average Bonchev–Trinajstić information content (AvgIpc) is 2.63. The topological polar surface area (TPSA) is 43.3 Å². The van der Waals surface area contributed by atoms with Crippen molar-refractivity contribution in [2.24, 2.45) is 5.73 Å². The van der Waals surface area contributed by atoms with Gasteiger partial charge in [0.15, 0.2) is 4.96 Å². The van der Waals surface area contributed by atoms with Crippen molar-refractivity contribution in [3.05, 3.63) is 29.0 Å². The number of nitrogens with zero attached hydrogens (tertiary/aromatic N) is 2. The summed E-state index contributed by atoms with van der Waals surface area (Å²) in [5.41, 5.74) is 7.61. The minimum Gasteiger partial charge on any atom is -0.327 e. The lowest BCUT2D eigenvalue weighted by Crippen LogP contribution is -1.99. The Bertz CT molecular complexity index is 410. The minimum absolute atomic E-state index is 0.588. The van der Waals surface area contributed by atoms with Gasteiger partial charge < -0.3 is 5.73 Å². The van der Waals surface area contributed by atoms with Gasteiger partial charge in [0.2, 0.25) is 0 Å². The van der Waals surface area contributed by atoms with E-state index >= 15 is 0 Å². The summed E-state index contributed by atoms with van der Waals surface area (Å²) in [7, 11) is 0. The van der Waals surface area contributed by atoms with Crippen molar-refractivity contribution in [3.8, 4) is 0 Å². The van der Waals surface area contributed by atoms with Gasteiger partial charge >= 0.3 is 0 Å². The van der Waals surface area contributed by atoms with Crippen LogP contribution in [0.1, 0.15) is 12.6 Å². The van der Waals surface area contributed by atoms with Crippen LogP contribution in [0, 0.1) is 0 Å². The van der Waals surface area contributed by atoms with Gasteiger partial charge in [-0.3, -0.25) is 4.40 Å². The summed E-state index contributed by atoms with van der Waals surface area (Å²) in [6, 6.07) is 0. The highest BCUT2D eigenvalue weighted by molar-refractivity contribution is 7.15. The molecule has 13 heavy (non-hydrogen) atoms. The summed E-state index contributed by atoms with van der Waals surface area (Å²) in [5, 5.41) is 2.02. The lowest BCUT2D eigenvalue weighted by molar-refractivity contribution is 1.15. The fourth-order valence-electron chi connectivity index (χ4n) is 1.13. The second kappa shape index (κ2) is 3.32. The third-order valence-corrected chi connectivity index (χ3v) is 2.60. The Morgan fingerprint density at radius 2 is 2.62 bits per heavy atom. The first-order valence-electron chi connectivity index (χ1n) is 4.09. The lowest BCUT2D eigenvalue weighted by Gasteiger charge is -1.90. The van der Waals surface area contributed by atoms with E-state index in [1.165, 1.54) is 0 Å². The monoisotopic (exact) mass is 193 g/mol. The molecule has 0 saturated carbocycles. The van der Waals surface area contributed by atoms with E-state index in [0.29, 0.717) is 6.54 Å². The van der Waals surface area contributed by atoms with Crippen LogP contribution in [-0.2, 0) is 0 Å². The third kappa shape index (κ3) is 1.64. The van der Waals surface area contributed by atoms with Crippen LogP contribution in [0.15, 0.2) is 23.3 Å². The van der Waals surface area contributed by atoms with Crippen molar-refractivity contribution in [3.63, 3.8) is 0 Å². The second-order valence-electron chi connectivity index (χ2n) is 2.95. The van der Waals surface area contributed by atoms with Crippen LogP contribution in [0.4, 0.5) is 0 Å². The molecular formula is C9H11N3S. The second-order valence-corrected chi connectivity index (χ2v) is 3.83. The van der Waals surface area contributed by atoms with Crippen LogP contribution in [0.3, 0.4) is 0 Å². The number of hydrogen-bond donors (Lipinski definition) is 1. The van der Waals surface area contributed by atoms with E-state index in [1.807, 2.05) is 35.2 Å². The first-order chi connectivity index (χ1) is 6.29. The van der Waals surface area contributed by atoms with Crippen LogP contribution in [0.25, 0.3) is 11.0 Å². The van der Waals surface area contributed by atoms with Gasteiger partial charge in [-0.25, -0.2) is 4.98 Å². The SMILES string of the molecule is C/C(=C/c1cn2ccsc2n1)CN. The molecule has 0 atom stereocenters. The first kappa shape index (κ1) is 8.47. The van der Waals surface area contributed by atoms with Crippen LogP contribution in [0.5, 0.6) is 0 Å². The summed E-state index contributed by atoms with van der Waals surface area (Å²) >= 11 is 1.63. The van der Waals surface area contributed by atoms with Gasteiger partial charge in [0.1, 0.15) is 0 Å². The summed E-state index contributed by atoms with van der Waals surface area (Å²) in [4.78, 5) is 5.43. The molecule has 0 unspecified atom stereocenters. The number of aromatic nitrogens is 2. The zero-order chi connectivity index (χ0) is 9.26. The van der Waals surface area contributed by atoms with Crippen molar-refractivity contribution in [2.75, 3.05) is 6.54 Å². The molecule has 0 aliphatic carbocycles. The molecule has 0 saturated heterocycles. The Morgan fingerprint density at radius 3 is 3.31 bits per heavy atom. The quantitative estimate of drug-likeness (QED) is 0.789. The van der Waals surface area contributed by atoms with Crippen LogP contribution in [0.2, 0.25) is 0 Å². The average molecular weight is 193 g/mol. The standard InChI is InChI=1S/C9H11N3S/c1-7(5-10)4-8-6-12-2-3-13-9(12)11-8/h2-4,6H,5,10H2,1H3/b7-4-. The van der Waals surface area contributed by atoms with Gasteiger partial charge in [-0.2, -0.15) is 0 Å². The van der Waals surface area contributed by atoms with Crippen molar-refractivity contribution in [2.45, 2.75) is 6.92 Å². The normalized spacial score (nSPS) is 12.6. The molecule has 0 bridgehead atoms. The highest BCUT2D eigenvalue weighted by Gasteiger charge is 1.99. The van der Waals surface area contributed by atoms with Crippen molar-refractivity contribution < 1.29 is 0 Å². The molecule has 0 radical (unpaired) electrons. The van der Waals surface area contributed by atoms with Gasteiger partial charge in [0.05, 0.1) is 5.69 Å². The van der Waals surface area contributed by atoms with E-state index < -0.39 is 0 Å². The lowest BCUT2D eigenvalue weighted by atomic mass is 10.2. The molecule has 0 amide bonds. The fraction of sp³-hybridized carbons (Fsp3) is 0.222. The van der Waals surface area contributed by atoms with E-state index in [0.717, 1.165) is 16.2 Å². The number of thiazole rings is 1. The number of nitrogens with two attached hydrogens (primary N) is 1. The maximum Gasteiger partial charge on any atom is 0.194 e. The molecule has 2 aromatic rings. The summed E-state index contributed by atoms with van der Waals surface area (Å²) < 4.78 is 2.01. The predicted octanol–water partition coefficient (Wildman–Crippen LogP) is 1.76. The minimum atomic E-state index is 0.588. The molecular weight excluding hydrogens is 182 g/mol. The molecule has 3 nitrogen and oxygen atoms in total. The molecule has 0 aliphatic rings. The largest absolute Gasteiger partial charge is 0.327 e. The fourth-order valence-corrected chi connectivity index (χ4v) is 1.83. The molecule has 2 N–H and O–H groups in total. The third-order valence-electron chi connectivity index (χ3n) is 1.83. The highest BCUT2D eigenvalue weighted by atomic mass is 32.1. The Balaban J connectivity index is 2.40. The number of rotatable bonds is 2. The van der Waals surface area contributed by atoms with E-state index in [1.54, 1.807) is 11.3 Å². The Kier molecular flexibility index (Phi) is 2.16. The first-order valence-corrected chi connectivity index (χ1v) is 4.97. The Morgan fingerprint density at radius 1 is 1.77 bits per heavy atom. The number of hydrogen-bond acceptors (Lipinski definition) is 3. The molecule has 0 aliphatic heterocycles.